The van der Waals surface area contributed by atoms with Crippen LogP contribution >= 0.6 is 0 Å². The summed E-state index contributed by atoms with van der Waals surface area (Å²) in [5, 5.41) is 0. The maximum absolute atomic E-state index is 10.8. The van der Waals surface area contributed by atoms with Gasteiger partial charge in [0.15, 0.2) is 0 Å². The Hall–Kier alpha value is -0.530. The lowest BCUT2D eigenvalue weighted by Gasteiger charge is -2.25. The van der Waals surface area contributed by atoms with Crippen LogP contribution in [0.5, 0.6) is 0 Å². The molecule has 0 aromatic rings. The van der Waals surface area contributed by atoms with E-state index in [9.17, 15) is 4.79 Å². The summed E-state index contributed by atoms with van der Waals surface area (Å²) < 4.78 is 0. The molecule has 2 heteroatoms. The van der Waals surface area contributed by atoms with E-state index in [1.165, 1.54) is 19.3 Å². The van der Waals surface area contributed by atoms with Gasteiger partial charge in [-0.2, -0.15) is 0 Å². The van der Waals surface area contributed by atoms with Crippen LogP contribution in [0.15, 0.2) is 0 Å². The molecule has 1 unspecified atom stereocenters. The summed E-state index contributed by atoms with van der Waals surface area (Å²) in [6.07, 6.45) is 4.63. The molecule has 1 amide bonds. The highest BCUT2D eigenvalue weighted by Crippen LogP contribution is 2.28. The lowest BCUT2D eigenvalue weighted by atomic mass is 9.80. The van der Waals surface area contributed by atoms with E-state index in [0.29, 0.717) is 5.92 Å². The fourth-order valence-corrected chi connectivity index (χ4v) is 1.74. The molecule has 0 aromatic carbocycles. The first-order valence-electron chi connectivity index (χ1n) is 4.01. The van der Waals surface area contributed by atoms with Gasteiger partial charge >= 0.3 is 0 Å². The van der Waals surface area contributed by atoms with Gasteiger partial charge in [0, 0.05) is 5.92 Å². The second-order valence-electron chi connectivity index (χ2n) is 3.27. The van der Waals surface area contributed by atoms with Crippen LogP contribution in [0.3, 0.4) is 0 Å². The van der Waals surface area contributed by atoms with Crippen LogP contribution in [-0.4, -0.2) is 5.91 Å². The molecule has 1 rings (SSSR count). The molecule has 1 aliphatic rings. The van der Waals surface area contributed by atoms with Gasteiger partial charge in [0.2, 0.25) is 5.91 Å². The van der Waals surface area contributed by atoms with Crippen molar-refractivity contribution in [1.82, 2.24) is 0 Å². The van der Waals surface area contributed by atoms with Crippen molar-refractivity contribution in [3.63, 3.8) is 0 Å². The number of amides is 1. The third-order valence-electron chi connectivity index (χ3n) is 2.48. The van der Waals surface area contributed by atoms with Gasteiger partial charge in [-0.3, -0.25) is 4.79 Å². The molecule has 0 saturated heterocycles. The van der Waals surface area contributed by atoms with Crippen LogP contribution in [0, 0.1) is 11.8 Å². The minimum atomic E-state index is -0.104. The van der Waals surface area contributed by atoms with Crippen molar-refractivity contribution in [3.05, 3.63) is 0 Å². The molecule has 0 aliphatic heterocycles. The molecule has 2 atom stereocenters. The normalized spacial score (nSPS) is 33.7. The maximum atomic E-state index is 10.8. The Labute approximate surface area is 61.8 Å². The quantitative estimate of drug-likeness (QED) is 0.587. The van der Waals surface area contributed by atoms with E-state index in [1.807, 2.05) is 0 Å². The van der Waals surface area contributed by atoms with E-state index in [1.54, 1.807) is 0 Å². The van der Waals surface area contributed by atoms with Crippen molar-refractivity contribution in [2.45, 2.75) is 32.6 Å². The molecule has 0 bridgehead atoms. The number of primary amides is 1. The van der Waals surface area contributed by atoms with Crippen molar-refractivity contribution >= 4 is 5.91 Å². The first-order valence-corrected chi connectivity index (χ1v) is 4.01. The molecular weight excluding hydrogens is 126 g/mol. The largest absolute Gasteiger partial charge is 0.369 e. The van der Waals surface area contributed by atoms with Gasteiger partial charge < -0.3 is 5.73 Å². The van der Waals surface area contributed by atoms with Crippen LogP contribution in [0.25, 0.3) is 0 Å². The molecule has 1 fully saturated rings. The third-order valence-corrected chi connectivity index (χ3v) is 2.48. The van der Waals surface area contributed by atoms with Crippen molar-refractivity contribution in [2.24, 2.45) is 17.6 Å². The number of carbonyl (C=O) groups is 1. The molecule has 1 saturated carbocycles. The number of carbonyl (C=O) groups excluding carboxylic acids is 1. The standard InChI is InChI=1S/C8H15NO/c1-6-4-2-3-5-7(6)8(9)10/h6-7H,2-5H2,1H3,(H2,9,10)/t6?,7-/m0/s1. The number of hydrogen-bond acceptors (Lipinski definition) is 1. The van der Waals surface area contributed by atoms with Gasteiger partial charge in [-0.15, -0.1) is 0 Å². The Morgan fingerprint density at radius 2 is 2.00 bits per heavy atom. The summed E-state index contributed by atoms with van der Waals surface area (Å²) in [6.45, 7) is 2.12. The van der Waals surface area contributed by atoms with Crippen LogP contribution in [0.4, 0.5) is 0 Å². The summed E-state index contributed by atoms with van der Waals surface area (Å²) >= 11 is 0. The monoisotopic (exact) mass is 141 g/mol. The van der Waals surface area contributed by atoms with E-state index in [4.69, 9.17) is 5.73 Å². The summed E-state index contributed by atoms with van der Waals surface area (Å²) in [6, 6.07) is 0. The zero-order chi connectivity index (χ0) is 7.56. The third kappa shape index (κ3) is 1.49. The smallest absolute Gasteiger partial charge is 0.220 e. The van der Waals surface area contributed by atoms with Crippen LogP contribution in [0.1, 0.15) is 32.6 Å². The first-order chi connectivity index (χ1) is 4.72. The second kappa shape index (κ2) is 3.04. The highest BCUT2D eigenvalue weighted by Gasteiger charge is 2.25. The molecule has 1 aliphatic carbocycles. The van der Waals surface area contributed by atoms with Gasteiger partial charge in [-0.25, -0.2) is 0 Å². The fraction of sp³-hybridized carbons (Fsp3) is 0.875. The molecule has 0 aromatic heterocycles. The van der Waals surface area contributed by atoms with Gasteiger partial charge in [-0.1, -0.05) is 19.8 Å². The topological polar surface area (TPSA) is 43.1 Å². The van der Waals surface area contributed by atoms with Crippen molar-refractivity contribution in [3.8, 4) is 0 Å². The summed E-state index contributed by atoms with van der Waals surface area (Å²) in [5.41, 5.74) is 5.22. The highest BCUT2D eigenvalue weighted by molar-refractivity contribution is 5.76. The second-order valence-corrected chi connectivity index (χ2v) is 3.27. The van der Waals surface area contributed by atoms with Crippen molar-refractivity contribution in [1.29, 1.82) is 0 Å². The van der Waals surface area contributed by atoms with E-state index in [2.05, 4.69) is 6.92 Å². The van der Waals surface area contributed by atoms with E-state index in [-0.39, 0.29) is 11.8 Å². The van der Waals surface area contributed by atoms with Crippen LogP contribution < -0.4 is 5.73 Å². The minimum absolute atomic E-state index is 0.104. The Morgan fingerprint density at radius 1 is 1.40 bits per heavy atom. The lowest BCUT2D eigenvalue weighted by Crippen LogP contribution is -2.30. The van der Waals surface area contributed by atoms with E-state index in [0.717, 1.165) is 6.42 Å². The SMILES string of the molecule is CC1CCCC[C@@H]1C(N)=O. The van der Waals surface area contributed by atoms with E-state index >= 15 is 0 Å². The number of hydrogen-bond donors (Lipinski definition) is 1. The Kier molecular flexibility index (Phi) is 2.30. The van der Waals surface area contributed by atoms with Crippen molar-refractivity contribution in [2.75, 3.05) is 0 Å². The average molecular weight is 141 g/mol. The van der Waals surface area contributed by atoms with Crippen LogP contribution in [0.2, 0.25) is 0 Å². The highest BCUT2D eigenvalue weighted by atomic mass is 16.1. The van der Waals surface area contributed by atoms with Crippen molar-refractivity contribution < 1.29 is 4.79 Å². The molecule has 2 N–H and O–H groups in total. The maximum Gasteiger partial charge on any atom is 0.220 e. The molecule has 10 heavy (non-hydrogen) atoms. The zero-order valence-electron chi connectivity index (χ0n) is 6.47. The summed E-state index contributed by atoms with van der Waals surface area (Å²) in [5.74, 6) is 0.576. The minimum Gasteiger partial charge on any atom is -0.369 e. The van der Waals surface area contributed by atoms with Crippen LogP contribution in [-0.2, 0) is 4.79 Å². The van der Waals surface area contributed by atoms with E-state index < -0.39 is 0 Å². The zero-order valence-corrected chi connectivity index (χ0v) is 6.47. The van der Waals surface area contributed by atoms with Gasteiger partial charge in [0.25, 0.3) is 0 Å². The summed E-state index contributed by atoms with van der Waals surface area (Å²) in [4.78, 5) is 10.8. The first kappa shape index (κ1) is 7.58. The fourth-order valence-electron chi connectivity index (χ4n) is 1.74. The Balaban J connectivity index is 2.47. The average Bonchev–Trinajstić information content (AvgIpc) is 1.88. The predicted octanol–water partition coefficient (Wildman–Crippen LogP) is 1.30. The predicted molar refractivity (Wildman–Crippen MR) is 40.3 cm³/mol. The molecule has 2 nitrogen and oxygen atoms in total. The molecule has 0 heterocycles. The number of nitrogens with two attached hydrogens (primary N) is 1. The molecular formula is C8H15NO. The molecule has 0 radical (unpaired) electrons. The lowest BCUT2D eigenvalue weighted by molar-refractivity contribution is -0.124. The Morgan fingerprint density at radius 3 is 2.40 bits per heavy atom. The van der Waals surface area contributed by atoms with Gasteiger partial charge in [0.05, 0.1) is 0 Å². The molecule has 0 spiro atoms. The molecule has 58 valence electrons. The Bertz CT molecular complexity index is 133. The summed E-state index contributed by atoms with van der Waals surface area (Å²) in [7, 11) is 0. The number of rotatable bonds is 1. The van der Waals surface area contributed by atoms with Gasteiger partial charge in [0.1, 0.15) is 0 Å². The van der Waals surface area contributed by atoms with Gasteiger partial charge in [-0.05, 0) is 18.8 Å².